The van der Waals surface area contributed by atoms with Gasteiger partial charge in [0.25, 0.3) is 0 Å². The Morgan fingerprint density at radius 1 is 0.958 bits per heavy atom. The lowest BCUT2D eigenvalue weighted by Crippen LogP contribution is -2.21. The molecule has 1 fully saturated rings. The first-order valence-electron chi connectivity index (χ1n) is 7.89. The standard InChI is InChI=1S/C19H19BrN2O2/c1-11-7-8-16(12(2)9-11)21-18(23)13-10-14(13)19(24)22-17-6-4-3-5-15(17)20/h3-9,13-14H,10H2,1-2H3,(H,21,23)(H,22,24). The zero-order chi connectivity index (χ0) is 17.3. The van der Waals surface area contributed by atoms with E-state index in [0.29, 0.717) is 6.42 Å². The summed E-state index contributed by atoms with van der Waals surface area (Å²) in [5, 5.41) is 5.81. The first-order chi connectivity index (χ1) is 11.5. The normalized spacial score (nSPS) is 18.8. The molecule has 0 aliphatic heterocycles. The number of benzene rings is 2. The fourth-order valence-corrected chi connectivity index (χ4v) is 3.13. The summed E-state index contributed by atoms with van der Waals surface area (Å²) in [6, 6.07) is 13.3. The molecule has 0 heterocycles. The van der Waals surface area contributed by atoms with Crippen molar-refractivity contribution in [2.45, 2.75) is 20.3 Å². The van der Waals surface area contributed by atoms with Gasteiger partial charge in [0.15, 0.2) is 0 Å². The van der Waals surface area contributed by atoms with E-state index in [2.05, 4.69) is 26.6 Å². The minimum atomic E-state index is -0.261. The Kier molecular flexibility index (Phi) is 4.71. The predicted octanol–water partition coefficient (Wildman–Crippen LogP) is 4.28. The highest BCUT2D eigenvalue weighted by Crippen LogP contribution is 2.40. The molecule has 5 heteroatoms. The number of hydrogen-bond acceptors (Lipinski definition) is 2. The molecule has 2 aromatic rings. The lowest BCUT2D eigenvalue weighted by atomic mass is 10.1. The molecule has 4 nitrogen and oxygen atoms in total. The Hall–Kier alpha value is -2.14. The van der Waals surface area contributed by atoms with E-state index in [1.54, 1.807) is 0 Å². The maximum absolute atomic E-state index is 12.3. The second-order valence-corrected chi connectivity index (χ2v) is 7.08. The highest BCUT2D eigenvalue weighted by molar-refractivity contribution is 9.10. The van der Waals surface area contributed by atoms with Crippen molar-refractivity contribution in [2.75, 3.05) is 10.6 Å². The lowest BCUT2D eigenvalue weighted by molar-refractivity contribution is -0.122. The van der Waals surface area contributed by atoms with E-state index >= 15 is 0 Å². The fourth-order valence-electron chi connectivity index (χ4n) is 2.74. The van der Waals surface area contributed by atoms with Crippen molar-refractivity contribution in [3.63, 3.8) is 0 Å². The predicted molar refractivity (Wildman–Crippen MR) is 98.9 cm³/mol. The Balaban J connectivity index is 1.59. The molecule has 1 aliphatic rings. The van der Waals surface area contributed by atoms with E-state index < -0.39 is 0 Å². The average Bonchev–Trinajstić information content (AvgIpc) is 3.33. The van der Waals surface area contributed by atoms with Gasteiger partial charge in [-0.3, -0.25) is 9.59 Å². The van der Waals surface area contributed by atoms with E-state index in [-0.39, 0.29) is 23.7 Å². The van der Waals surface area contributed by atoms with Crippen LogP contribution < -0.4 is 10.6 Å². The van der Waals surface area contributed by atoms with Crippen LogP contribution in [0.1, 0.15) is 17.5 Å². The molecule has 124 valence electrons. The number of carbonyl (C=O) groups excluding carboxylic acids is 2. The van der Waals surface area contributed by atoms with Crippen LogP contribution in [0, 0.1) is 25.7 Å². The van der Waals surface area contributed by atoms with Gasteiger partial charge in [0.05, 0.1) is 17.5 Å². The van der Waals surface area contributed by atoms with Gasteiger partial charge in [-0.25, -0.2) is 0 Å². The monoisotopic (exact) mass is 386 g/mol. The minimum Gasteiger partial charge on any atom is -0.326 e. The summed E-state index contributed by atoms with van der Waals surface area (Å²) < 4.78 is 0.829. The van der Waals surface area contributed by atoms with E-state index in [0.717, 1.165) is 27.0 Å². The van der Waals surface area contributed by atoms with Crippen LogP contribution in [0.2, 0.25) is 0 Å². The lowest BCUT2D eigenvalue weighted by Gasteiger charge is -2.09. The zero-order valence-corrected chi connectivity index (χ0v) is 15.2. The summed E-state index contributed by atoms with van der Waals surface area (Å²) in [5.74, 6) is -0.715. The third-order valence-electron chi connectivity index (χ3n) is 4.24. The third kappa shape index (κ3) is 3.67. The topological polar surface area (TPSA) is 58.2 Å². The molecule has 2 unspecified atom stereocenters. The summed E-state index contributed by atoms with van der Waals surface area (Å²) in [6.45, 7) is 3.98. The summed E-state index contributed by atoms with van der Waals surface area (Å²) in [6.07, 6.45) is 0.590. The van der Waals surface area contributed by atoms with Crippen molar-refractivity contribution in [3.8, 4) is 0 Å². The van der Waals surface area contributed by atoms with Gasteiger partial charge < -0.3 is 10.6 Å². The van der Waals surface area contributed by atoms with Gasteiger partial charge in [-0.1, -0.05) is 29.8 Å². The third-order valence-corrected chi connectivity index (χ3v) is 4.93. The molecule has 2 atom stereocenters. The molecular formula is C19H19BrN2O2. The summed E-state index contributed by atoms with van der Waals surface area (Å²) in [5.41, 5.74) is 3.71. The van der Waals surface area contributed by atoms with Crippen LogP contribution in [0.15, 0.2) is 46.9 Å². The number of carbonyl (C=O) groups is 2. The fraction of sp³-hybridized carbons (Fsp3) is 0.263. The first kappa shape index (κ1) is 16.7. The van der Waals surface area contributed by atoms with Crippen molar-refractivity contribution in [3.05, 3.63) is 58.1 Å². The van der Waals surface area contributed by atoms with Gasteiger partial charge in [-0.05, 0) is 60.0 Å². The van der Waals surface area contributed by atoms with Crippen LogP contribution in [-0.4, -0.2) is 11.8 Å². The molecule has 0 saturated heterocycles. The Morgan fingerprint density at radius 3 is 2.21 bits per heavy atom. The first-order valence-corrected chi connectivity index (χ1v) is 8.68. The second kappa shape index (κ2) is 6.77. The molecule has 24 heavy (non-hydrogen) atoms. The van der Waals surface area contributed by atoms with Crippen LogP contribution >= 0.6 is 15.9 Å². The largest absolute Gasteiger partial charge is 0.326 e. The van der Waals surface area contributed by atoms with Crippen LogP contribution in [0.4, 0.5) is 11.4 Å². The van der Waals surface area contributed by atoms with Crippen molar-refractivity contribution < 1.29 is 9.59 Å². The SMILES string of the molecule is Cc1ccc(NC(=O)C2CC2C(=O)Nc2ccccc2Br)c(C)c1. The average molecular weight is 387 g/mol. The number of aryl methyl sites for hydroxylation is 2. The summed E-state index contributed by atoms with van der Waals surface area (Å²) in [7, 11) is 0. The number of hydrogen-bond donors (Lipinski definition) is 2. The number of para-hydroxylation sites is 1. The maximum Gasteiger partial charge on any atom is 0.228 e. The van der Waals surface area contributed by atoms with Gasteiger partial charge in [0, 0.05) is 10.2 Å². The van der Waals surface area contributed by atoms with Crippen molar-refractivity contribution in [1.82, 2.24) is 0 Å². The van der Waals surface area contributed by atoms with Crippen LogP contribution in [-0.2, 0) is 9.59 Å². The van der Waals surface area contributed by atoms with Crippen molar-refractivity contribution in [2.24, 2.45) is 11.8 Å². The van der Waals surface area contributed by atoms with Gasteiger partial charge in [-0.15, -0.1) is 0 Å². The number of amides is 2. The van der Waals surface area contributed by atoms with E-state index in [1.165, 1.54) is 0 Å². The minimum absolute atomic E-state index is 0.0887. The van der Waals surface area contributed by atoms with Crippen LogP contribution in [0.5, 0.6) is 0 Å². The molecule has 2 amide bonds. The molecule has 0 bridgehead atoms. The maximum atomic E-state index is 12.3. The van der Waals surface area contributed by atoms with Crippen molar-refractivity contribution >= 4 is 39.1 Å². The van der Waals surface area contributed by atoms with Crippen LogP contribution in [0.25, 0.3) is 0 Å². The van der Waals surface area contributed by atoms with Gasteiger partial charge in [0.1, 0.15) is 0 Å². The molecule has 1 saturated carbocycles. The molecule has 0 radical (unpaired) electrons. The number of nitrogens with one attached hydrogen (secondary N) is 2. The van der Waals surface area contributed by atoms with Gasteiger partial charge in [0.2, 0.25) is 11.8 Å². The van der Waals surface area contributed by atoms with Gasteiger partial charge >= 0.3 is 0 Å². The quantitative estimate of drug-likeness (QED) is 0.823. The van der Waals surface area contributed by atoms with E-state index in [9.17, 15) is 9.59 Å². The van der Waals surface area contributed by atoms with Crippen LogP contribution in [0.3, 0.4) is 0 Å². The number of rotatable bonds is 4. The molecule has 2 N–H and O–H groups in total. The summed E-state index contributed by atoms with van der Waals surface area (Å²) >= 11 is 3.40. The smallest absolute Gasteiger partial charge is 0.228 e. The Labute approximate surface area is 149 Å². The van der Waals surface area contributed by atoms with E-state index in [4.69, 9.17) is 0 Å². The molecule has 0 aromatic heterocycles. The Morgan fingerprint density at radius 2 is 1.58 bits per heavy atom. The molecule has 1 aliphatic carbocycles. The zero-order valence-electron chi connectivity index (χ0n) is 13.6. The Bertz CT molecular complexity index is 804. The number of anilines is 2. The number of halogens is 1. The molecular weight excluding hydrogens is 368 g/mol. The highest BCUT2D eigenvalue weighted by atomic mass is 79.9. The van der Waals surface area contributed by atoms with E-state index in [1.807, 2.05) is 56.3 Å². The second-order valence-electron chi connectivity index (χ2n) is 6.23. The molecule has 0 spiro atoms. The molecule has 3 rings (SSSR count). The summed E-state index contributed by atoms with van der Waals surface area (Å²) in [4.78, 5) is 24.6. The highest BCUT2D eigenvalue weighted by Gasteiger charge is 2.48. The van der Waals surface area contributed by atoms with Gasteiger partial charge in [-0.2, -0.15) is 0 Å². The van der Waals surface area contributed by atoms with Crippen molar-refractivity contribution in [1.29, 1.82) is 0 Å². The molecule has 2 aromatic carbocycles.